The highest BCUT2D eigenvalue weighted by atomic mass is 16.5. The Morgan fingerprint density at radius 2 is 2.11 bits per heavy atom. The Kier molecular flexibility index (Phi) is 7.03. The summed E-state index contributed by atoms with van der Waals surface area (Å²) in [5, 5.41) is 2.83. The first-order valence-corrected chi connectivity index (χ1v) is 10.1. The summed E-state index contributed by atoms with van der Waals surface area (Å²) in [5.74, 6) is 0.926. The number of hydrogen-bond acceptors (Lipinski definition) is 4. The van der Waals surface area contributed by atoms with Crippen LogP contribution in [0.4, 0.5) is 0 Å². The molecule has 1 unspecified atom stereocenters. The van der Waals surface area contributed by atoms with E-state index in [1.54, 1.807) is 0 Å². The number of carbonyl (C=O) groups is 2. The lowest BCUT2D eigenvalue weighted by Gasteiger charge is -2.33. The van der Waals surface area contributed by atoms with E-state index in [1.807, 2.05) is 33.7 Å². The second-order valence-electron chi connectivity index (χ2n) is 7.42. The lowest BCUT2D eigenvalue weighted by atomic mass is 10.0. The van der Waals surface area contributed by atoms with E-state index in [1.165, 1.54) is 13.5 Å². The van der Waals surface area contributed by atoms with Gasteiger partial charge < -0.3 is 19.5 Å². The van der Waals surface area contributed by atoms with Gasteiger partial charge in [0.25, 0.3) is 0 Å². The Bertz CT molecular complexity index is 817. The van der Waals surface area contributed by atoms with Gasteiger partial charge in [-0.3, -0.25) is 9.59 Å². The summed E-state index contributed by atoms with van der Waals surface area (Å²) < 4.78 is 6.85. The fourth-order valence-electron chi connectivity index (χ4n) is 3.84. The van der Waals surface area contributed by atoms with Crippen LogP contribution in [-0.2, 0) is 27.3 Å². The van der Waals surface area contributed by atoms with Crippen molar-refractivity contribution >= 4 is 22.8 Å². The van der Waals surface area contributed by atoms with Crippen molar-refractivity contribution in [3.8, 4) is 0 Å². The SMILES string of the molecule is COCC(=O)NCCCc1nc2ccccc2n1CC(=O)N1CCCCC1C. The number of para-hydroxylation sites is 2. The number of fused-ring (bicyclic) bond motifs is 1. The van der Waals surface area contributed by atoms with Crippen LogP contribution in [0.3, 0.4) is 0 Å². The summed E-state index contributed by atoms with van der Waals surface area (Å²) in [5.41, 5.74) is 1.89. The monoisotopic (exact) mass is 386 g/mol. The van der Waals surface area contributed by atoms with Gasteiger partial charge >= 0.3 is 0 Å². The van der Waals surface area contributed by atoms with Crippen LogP contribution in [-0.4, -0.2) is 59.1 Å². The number of amides is 2. The molecule has 28 heavy (non-hydrogen) atoms. The minimum Gasteiger partial charge on any atom is -0.375 e. The number of nitrogens with zero attached hydrogens (tertiary/aromatic N) is 3. The maximum atomic E-state index is 13.0. The fourth-order valence-corrected chi connectivity index (χ4v) is 3.84. The Hall–Kier alpha value is -2.41. The van der Waals surface area contributed by atoms with Crippen LogP contribution in [0.2, 0.25) is 0 Å². The van der Waals surface area contributed by atoms with Crippen molar-refractivity contribution in [1.82, 2.24) is 19.8 Å². The molecule has 0 spiro atoms. The Balaban J connectivity index is 1.70. The molecule has 2 amide bonds. The van der Waals surface area contributed by atoms with Crippen molar-refractivity contribution in [3.05, 3.63) is 30.1 Å². The molecule has 0 radical (unpaired) electrons. The van der Waals surface area contributed by atoms with Crippen LogP contribution in [0.5, 0.6) is 0 Å². The molecule has 1 aromatic carbocycles. The molecule has 1 aliphatic rings. The molecule has 2 aromatic rings. The van der Waals surface area contributed by atoms with E-state index in [4.69, 9.17) is 9.72 Å². The van der Waals surface area contributed by atoms with Crippen molar-refractivity contribution in [2.24, 2.45) is 0 Å². The minimum absolute atomic E-state index is 0.0705. The van der Waals surface area contributed by atoms with Gasteiger partial charge in [0.05, 0.1) is 11.0 Å². The summed E-state index contributed by atoms with van der Waals surface area (Å²) in [4.78, 5) is 31.2. The molecule has 1 aliphatic heterocycles. The second-order valence-corrected chi connectivity index (χ2v) is 7.42. The van der Waals surface area contributed by atoms with E-state index in [-0.39, 0.29) is 18.4 Å². The van der Waals surface area contributed by atoms with E-state index >= 15 is 0 Å². The van der Waals surface area contributed by atoms with E-state index in [0.717, 1.165) is 42.7 Å². The number of nitrogens with one attached hydrogen (secondary N) is 1. The zero-order chi connectivity index (χ0) is 19.9. The summed E-state index contributed by atoms with van der Waals surface area (Å²) >= 11 is 0. The Morgan fingerprint density at radius 3 is 2.89 bits per heavy atom. The number of piperidine rings is 1. The second kappa shape index (κ2) is 9.68. The Morgan fingerprint density at radius 1 is 1.29 bits per heavy atom. The molecule has 1 aromatic heterocycles. The zero-order valence-corrected chi connectivity index (χ0v) is 16.8. The third-order valence-corrected chi connectivity index (χ3v) is 5.33. The first-order valence-electron chi connectivity index (χ1n) is 10.1. The minimum atomic E-state index is -0.120. The maximum absolute atomic E-state index is 13.0. The molecular formula is C21H30N4O3. The molecule has 1 N–H and O–H groups in total. The first-order chi connectivity index (χ1) is 13.6. The number of hydrogen-bond donors (Lipinski definition) is 1. The normalized spacial score (nSPS) is 17.1. The Labute approximate surface area is 166 Å². The molecule has 7 heteroatoms. The number of aryl methyl sites for hydroxylation is 1. The van der Waals surface area contributed by atoms with Crippen LogP contribution >= 0.6 is 0 Å². The number of likely N-dealkylation sites (tertiary alicyclic amines) is 1. The molecule has 152 valence electrons. The lowest BCUT2D eigenvalue weighted by molar-refractivity contribution is -0.135. The molecule has 0 aliphatic carbocycles. The maximum Gasteiger partial charge on any atom is 0.245 e. The van der Waals surface area contributed by atoms with Gasteiger partial charge in [0.1, 0.15) is 19.0 Å². The van der Waals surface area contributed by atoms with Gasteiger partial charge in [-0.2, -0.15) is 0 Å². The third kappa shape index (κ3) is 4.90. The molecular weight excluding hydrogens is 356 g/mol. The van der Waals surface area contributed by atoms with Crippen molar-refractivity contribution in [2.75, 3.05) is 26.8 Å². The van der Waals surface area contributed by atoms with Crippen molar-refractivity contribution < 1.29 is 14.3 Å². The summed E-state index contributed by atoms with van der Waals surface area (Å²) in [6.45, 7) is 3.92. The van der Waals surface area contributed by atoms with Gasteiger partial charge in [0.2, 0.25) is 11.8 Å². The summed E-state index contributed by atoms with van der Waals surface area (Å²) in [7, 11) is 1.50. The molecule has 2 heterocycles. The van der Waals surface area contributed by atoms with Gasteiger partial charge in [0, 0.05) is 32.7 Å². The number of methoxy groups -OCH3 is 1. The van der Waals surface area contributed by atoms with Gasteiger partial charge in [-0.25, -0.2) is 4.98 Å². The smallest absolute Gasteiger partial charge is 0.245 e. The fraction of sp³-hybridized carbons (Fsp3) is 0.571. The van der Waals surface area contributed by atoms with Gasteiger partial charge in [-0.1, -0.05) is 12.1 Å². The van der Waals surface area contributed by atoms with E-state index in [9.17, 15) is 9.59 Å². The van der Waals surface area contributed by atoms with Crippen LogP contribution in [0, 0.1) is 0 Å². The van der Waals surface area contributed by atoms with E-state index in [2.05, 4.69) is 12.2 Å². The molecule has 7 nitrogen and oxygen atoms in total. The summed E-state index contributed by atoms with van der Waals surface area (Å²) in [6, 6.07) is 8.23. The highest BCUT2D eigenvalue weighted by Crippen LogP contribution is 2.20. The predicted octanol–water partition coefficient (Wildman–Crippen LogP) is 2.13. The topological polar surface area (TPSA) is 76.5 Å². The number of benzene rings is 1. The molecule has 0 bridgehead atoms. The summed E-state index contributed by atoms with van der Waals surface area (Å²) in [6.07, 6.45) is 4.80. The number of carbonyl (C=O) groups excluding carboxylic acids is 2. The number of ether oxygens (including phenoxy) is 1. The standard InChI is InChI=1S/C21H30N4O3/c1-16-8-5-6-13-24(16)21(27)14-25-18-10-4-3-9-17(18)23-19(25)11-7-12-22-20(26)15-28-2/h3-4,9-10,16H,5-8,11-15H2,1-2H3,(H,22,26). The highest BCUT2D eigenvalue weighted by Gasteiger charge is 2.24. The van der Waals surface area contributed by atoms with Crippen molar-refractivity contribution in [3.63, 3.8) is 0 Å². The molecule has 1 atom stereocenters. The van der Waals surface area contributed by atoms with Crippen LogP contribution in [0.1, 0.15) is 38.4 Å². The van der Waals surface area contributed by atoms with E-state index in [0.29, 0.717) is 25.6 Å². The van der Waals surface area contributed by atoms with Crippen molar-refractivity contribution in [2.45, 2.75) is 51.6 Å². The van der Waals surface area contributed by atoms with Gasteiger partial charge in [0.15, 0.2) is 0 Å². The molecule has 1 saturated heterocycles. The number of rotatable bonds is 8. The first kappa shape index (κ1) is 20.3. The quantitative estimate of drug-likeness (QED) is 0.705. The van der Waals surface area contributed by atoms with Gasteiger partial charge in [-0.15, -0.1) is 0 Å². The van der Waals surface area contributed by atoms with Gasteiger partial charge in [-0.05, 0) is 44.7 Å². The lowest BCUT2D eigenvalue weighted by Crippen LogP contribution is -2.43. The van der Waals surface area contributed by atoms with Crippen LogP contribution < -0.4 is 5.32 Å². The zero-order valence-electron chi connectivity index (χ0n) is 16.8. The largest absolute Gasteiger partial charge is 0.375 e. The third-order valence-electron chi connectivity index (χ3n) is 5.33. The predicted molar refractivity (Wildman–Crippen MR) is 108 cm³/mol. The number of imidazole rings is 1. The van der Waals surface area contributed by atoms with Crippen LogP contribution in [0.25, 0.3) is 11.0 Å². The van der Waals surface area contributed by atoms with E-state index < -0.39 is 0 Å². The molecule has 3 rings (SSSR count). The molecule has 1 fully saturated rings. The highest BCUT2D eigenvalue weighted by molar-refractivity contribution is 5.81. The van der Waals surface area contributed by atoms with Crippen molar-refractivity contribution in [1.29, 1.82) is 0 Å². The molecule has 0 saturated carbocycles. The average molecular weight is 386 g/mol. The number of aromatic nitrogens is 2. The average Bonchev–Trinajstić information content (AvgIpc) is 3.03. The van der Waals surface area contributed by atoms with Crippen LogP contribution in [0.15, 0.2) is 24.3 Å².